The monoisotopic (exact) mass is 346 g/mol. The molecule has 0 amide bonds. The zero-order valence-corrected chi connectivity index (χ0v) is 15.3. The van der Waals surface area contributed by atoms with Crippen LogP contribution in [-0.4, -0.2) is 44.0 Å². The van der Waals surface area contributed by atoms with Crippen LogP contribution >= 0.6 is 0 Å². The van der Waals surface area contributed by atoms with Crippen LogP contribution in [0, 0.1) is 0 Å². The van der Waals surface area contributed by atoms with Crippen LogP contribution in [0.4, 0.5) is 0 Å². The molecule has 0 saturated carbocycles. The Labute approximate surface area is 147 Å². The number of nitrogens with zero attached hydrogens (tertiary/aromatic N) is 4. The van der Waals surface area contributed by atoms with E-state index in [1.165, 1.54) is 5.56 Å². The zero-order valence-electron chi connectivity index (χ0n) is 15.3. The van der Waals surface area contributed by atoms with Crippen molar-refractivity contribution < 1.29 is 14.4 Å². The predicted molar refractivity (Wildman–Crippen MR) is 92.6 cm³/mol. The van der Waals surface area contributed by atoms with Crippen molar-refractivity contribution in [2.24, 2.45) is 7.05 Å². The highest BCUT2D eigenvalue weighted by Crippen LogP contribution is 2.30. The van der Waals surface area contributed by atoms with Crippen LogP contribution in [0.1, 0.15) is 67.0 Å². The molecule has 0 atom stereocenters. The molecule has 1 fully saturated rings. The van der Waals surface area contributed by atoms with Crippen LogP contribution < -0.4 is 0 Å². The Morgan fingerprint density at radius 3 is 2.60 bits per heavy atom. The van der Waals surface area contributed by atoms with Gasteiger partial charge >= 0.3 is 5.97 Å². The maximum Gasteiger partial charge on any atom is 0.374 e. The van der Waals surface area contributed by atoms with Crippen LogP contribution in [0.25, 0.3) is 0 Å². The van der Waals surface area contributed by atoms with Crippen LogP contribution in [0.15, 0.2) is 16.8 Å². The van der Waals surface area contributed by atoms with Gasteiger partial charge in [-0.25, -0.2) is 4.79 Å². The number of carbonyl (C=O) groups is 1. The van der Waals surface area contributed by atoms with Gasteiger partial charge in [0.15, 0.2) is 0 Å². The third kappa shape index (κ3) is 3.92. The summed E-state index contributed by atoms with van der Waals surface area (Å²) in [4.78, 5) is 13.3. The fourth-order valence-corrected chi connectivity index (χ4v) is 3.49. The minimum atomic E-state index is -1.07. The van der Waals surface area contributed by atoms with E-state index in [0.717, 1.165) is 43.9 Å². The Hall–Kier alpha value is -2.15. The van der Waals surface area contributed by atoms with E-state index in [9.17, 15) is 4.79 Å². The lowest BCUT2D eigenvalue weighted by Gasteiger charge is -2.31. The van der Waals surface area contributed by atoms with Crippen molar-refractivity contribution in [3.05, 3.63) is 35.0 Å². The van der Waals surface area contributed by atoms with Crippen LogP contribution in [0.5, 0.6) is 0 Å². The molecule has 1 N–H and O–H groups in total. The van der Waals surface area contributed by atoms with E-state index in [1.54, 1.807) is 6.07 Å². The van der Waals surface area contributed by atoms with Crippen molar-refractivity contribution in [2.45, 2.75) is 51.5 Å². The van der Waals surface area contributed by atoms with Gasteiger partial charge in [-0.3, -0.25) is 9.58 Å². The Morgan fingerprint density at radius 2 is 2.04 bits per heavy atom. The Kier molecular flexibility index (Phi) is 4.69. The summed E-state index contributed by atoms with van der Waals surface area (Å²) in [7, 11) is 1.97. The quantitative estimate of drug-likeness (QED) is 0.916. The van der Waals surface area contributed by atoms with E-state index in [-0.39, 0.29) is 17.1 Å². The molecule has 0 bridgehead atoms. The summed E-state index contributed by atoms with van der Waals surface area (Å²) in [6, 6.07) is 1.56. The lowest BCUT2D eigenvalue weighted by Crippen LogP contribution is -2.33. The minimum Gasteiger partial charge on any atom is -0.475 e. The number of aromatic nitrogens is 3. The molecule has 0 unspecified atom stereocenters. The van der Waals surface area contributed by atoms with Gasteiger partial charge in [-0.1, -0.05) is 25.9 Å². The molecular weight excluding hydrogens is 320 g/mol. The number of carboxylic acid groups (broad SMARTS) is 1. The smallest absolute Gasteiger partial charge is 0.374 e. The SMILES string of the molecule is Cn1cc(CN2CCC(c3cc(C(=O)O)on3)CC2)c(C(C)(C)C)n1. The second-order valence-electron chi connectivity index (χ2n) is 7.90. The molecule has 0 aromatic carbocycles. The number of rotatable bonds is 4. The third-order valence-corrected chi connectivity index (χ3v) is 4.75. The molecular formula is C18H26N4O3. The summed E-state index contributed by atoms with van der Waals surface area (Å²) in [5.74, 6) is -0.880. The highest BCUT2D eigenvalue weighted by Gasteiger charge is 2.27. The number of carboxylic acids is 1. The van der Waals surface area contributed by atoms with Gasteiger partial charge in [0.05, 0.1) is 11.4 Å². The highest BCUT2D eigenvalue weighted by atomic mass is 16.5. The van der Waals surface area contributed by atoms with Crippen molar-refractivity contribution in [1.82, 2.24) is 19.8 Å². The Balaban J connectivity index is 1.62. The fraction of sp³-hybridized carbons (Fsp3) is 0.611. The topological polar surface area (TPSA) is 84.4 Å². The van der Waals surface area contributed by atoms with Crippen molar-refractivity contribution in [2.75, 3.05) is 13.1 Å². The number of piperidine rings is 1. The van der Waals surface area contributed by atoms with Gasteiger partial charge in [0.2, 0.25) is 5.76 Å². The van der Waals surface area contributed by atoms with Crippen LogP contribution in [0.3, 0.4) is 0 Å². The van der Waals surface area contributed by atoms with E-state index in [1.807, 2.05) is 11.7 Å². The van der Waals surface area contributed by atoms with Crippen molar-refractivity contribution in [3.63, 3.8) is 0 Å². The average molecular weight is 346 g/mol. The first-order chi connectivity index (χ1) is 11.7. The van der Waals surface area contributed by atoms with Gasteiger partial charge in [0.1, 0.15) is 0 Å². The molecule has 0 radical (unpaired) electrons. The maximum absolute atomic E-state index is 10.9. The molecule has 1 aliphatic heterocycles. The first-order valence-corrected chi connectivity index (χ1v) is 8.69. The van der Waals surface area contributed by atoms with Gasteiger partial charge in [0.25, 0.3) is 0 Å². The van der Waals surface area contributed by atoms with Crippen LogP contribution in [-0.2, 0) is 19.0 Å². The number of hydrogen-bond donors (Lipinski definition) is 1. The van der Waals surface area contributed by atoms with Gasteiger partial charge in [-0.2, -0.15) is 5.10 Å². The van der Waals surface area contributed by atoms with Crippen LogP contribution in [0.2, 0.25) is 0 Å². The third-order valence-electron chi connectivity index (χ3n) is 4.75. The van der Waals surface area contributed by atoms with Gasteiger partial charge < -0.3 is 9.63 Å². The summed E-state index contributed by atoms with van der Waals surface area (Å²) < 4.78 is 6.78. The van der Waals surface area contributed by atoms with Crippen molar-refractivity contribution >= 4 is 5.97 Å². The van der Waals surface area contributed by atoms with E-state index < -0.39 is 5.97 Å². The molecule has 136 valence electrons. The summed E-state index contributed by atoms with van der Waals surface area (Å²) in [5.41, 5.74) is 3.22. The van der Waals surface area contributed by atoms with Gasteiger partial charge in [-0.15, -0.1) is 0 Å². The molecule has 1 aliphatic rings. The molecule has 7 nitrogen and oxygen atoms in total. The fourth-order valence-electron chi connectivity index (χ4n) is 3.49. The standard InChI is InChI=1S/C18H26N4O3/c1-18(2,3)16-13(10-21(4)19-16)11-22-7-5-12(6-8-22)14-9-15(17(23)24)25-20-14/h9-10,12H,5-8,11H2,1-4H3,(H,23,24). The molecule has 1 saturated heterocycles. The summed E-state index contributed by atoms with van der Waals surface area (Å²) >= 11 is 0. The largest absolute Gasteiger partial charge is 0.475 e. The number of hydrogen-bond acceptors (Lipinski definition) is 5. The summed E-state index contributed by atoms with van der Waals surface area (Å²) in [6.45, 7) is 9.38. The number of aromatic carboxylic acids is 1. The zero-order chi connectivity index (χ0) is 18.2. The van der Waals surface area contributed by atoms with Gasteiger partial charge in [0, 0.05) is 42.8 Å². The van der Waals surface area contributed by atoms with Crippen molar-refractivity contribution in [1.29, 1.82) is 0 Å². The molecule has 0 aliphatic carbocycles. The molecule has 7 heteroatoms. The second kappa shape index (κ2) is 6.63. The Morgan fingerprint density at radius 1 is 1.36 bits per heavy atom. The van der Waals surface area contributed by atoms with E-state index in [4.69, 9.17) is 9.63 Å². The Bertz CT molecular complexity index is 749. The number of aryl methyl sites for hydroxylation is 1. The molecule has 2 aromatic heterocycles. The van der Waals surface area contributed by atoms with Gasteiger partial charge in [-0.05, 0) is 25.9 Å². The molecule has 3 heterocycles. The lowest BCUT2D eigenvalue weighted by molar-refractivity contribution is 0.0651. The second-order valence-corrected chi connectivity index (χ2v) is 7.90. The van der Waals surface area contributed by atoms with E-state index in [0.29, 0.717) is 0 Å². The first kappa shape index (κ1) is 17.7. The highest BCUT2D eigenvalue weighted by molar-refractivity contribution is 5.84. The lowest BCUT2D eigenvalue weighted by atomic mass is 9.89. The average Bonchev–Trinajstić information content (AvgIpc) is 3.14. The van der Waals surface area contributed by atoms with Crippen molar-refractivity contribution in [3.8, 4) is 0 Å². The molecule has 0 spiro atoms. The first-order valence-electron chi connectivity index (χ1n) is 8.69. The van der Waals surface area contributed by atoms with E-state index >= 15 is 0 Å². The minimum absolute atomic E-state index is 0.0306. The predicted octanol–water partition coefficient (Wildman–Crippen LogP) is 2.78. The van der Waals surface area contributed by atoms with E-state index in [2.05, 4.69) is 42.1 Å². The molecule has 3 rings (SSSR count). The molecule has 2 aromatic rings. The maximum atomic E-state index is 10.9. The normalized spacial score (nSPS) is 17.1. The molecule has 25 heavy (non-hydrogen) atoms. The number of likely N-dealkylation sites (tertiary alicyclic amines) is 1. The summed E-state index contributed by atoms with van der Waals surface area (Å²) in [6.07, 6.45) is 4.02. The summed E-state index contributed by atoms with van der Waals surface area (Å²) in [5, 5.41) is 17.5.